The van der Waals surface area contributed by atoms with Crippen molar-refractivity contribution in [3.05, 3.63) is 84.4 Å². The van der Waals surface area contributed by atoms with Crippen LogP contribution in [0.4, 0.5) is 5.13 Å². The number of hydrogen-bond acceptors (Lipinski definition) is 5. The van der Waals surface area contributed by atoms with E-state index in [9.17, 15) is 4.79 Å². The fourth-order valence-corrected chi connectivity index (χ4v) is 5.30. The van der Waals surface area contributed by atoms with Gasteiger partial charge in [0.25, 0.3) is 0 Å². The molecule has 0 atom stereocenters. The van der Waals surface area contributed by atoms with Gasteiger partial charge in [-0.25, -0.2) is 4.98 Å². The molecule has 1 amide bonds. The quantitative estimate of drug-likeness (QED) is 0.307. The van der Waals surface area contributed by atoms with Gasteiger partial charge >= 0.3 is 0 Å². The number of ether oxygens (including phenoxy) is 1. The maximum absolute atomic E-state index is 13.5. The largest absolute Gasteiger partial charge is 0.379 e. The van der Waals surface area contributed by atoms with E-state index in [0.717, 1.165) is 65.7 Å². The SMILES string of the molecule is Cl.O=C(Cc1ccc(-c2ccccc2)cc1)N(CCCN1CCOCC1)c1nc2ccccc2s1. The molecule has 1 aliphatic rings. The third-order valence-corrected chi connectivity index (χ3v) is 7.25. The molecule has 1 saturated heterocycles. The Labute approximate surface area is 216 Å². The van der Waals surface area contributed by atoms with Gasteiger partial charge in [-0.1, -0.05) is 78.1 Å². The minimum absolute atomic E-state index is 0. The van der Waals surface area contributed by atoms with Crippen molar-refractivity contribution in [1.29, 1.82) is 0 Å². The summed E-state index contributed by atoms with van der Waals surface area (Å²) in [5.41, 5.74) is 4.30. The molecule has 7 heteroatoms. The molecule has 0 radical (unpaired) electrons. The van der Waals surface area contributed by atoms with Gasteiger partial charge < -0.3 is 4.74 Å². The number of halogens is 1. The summed E-state index contributed by atoms with van der Waals surface area (Å²) in [4.78, 5) is 22.6. The molecule has 0 saturated carbocycles. The lowest BCUT2D eigenvalue weighted by atomic mass is 10.0. The summed E-state index contributed by atoms with van der Waals surface area (Å²) in [5.74, 6) is 0.0912. The van der Waals surface area contributed by atoms with E-state index in [1.54, 1.807) is 11.3 Å². The van der Waals surface area contributed by atoms with Crippen molar-refractivity contribution >= 4 is 45.0 Å². The van der Waals surface area contributed by atoms with Crippen molar-refractivity contribution in [3.63, 3.8) is 0 Å². The number of para-hydroxylation sites is 1. The number of amides is 1. The summed E-state index contributed by atoms with van der Waals surface area (Å²) in [5, 5.41) is 0.786. The summed E-state index contributed by atoms with van der Waals surface area (Å²) in [6.07, 6.45) is 1.27. The van der Waals surface area contributed by atoms with E-state index < -0.39 is 0 Å². The maximum Gasteiger partial charge on any atom is 0.233 e. The third-order valence-electron chi connectivity index (χ3n) is 6.19. The van der Waals surface area contributed by atoms with Crippen LogP contribution in [-0.2, 0) is 16.0 Å². The molecule has 0 spiro atoms. The van der Waals surface area contributed by atoms with Crippen LogP contribution < -0.4 is 4.90 Å². The number of rotatable bonds is 8. The standard InChI is InChI=1S/C28H29N3O2S.ClH/c32-27(21-22-11-13-24(14-12-22)23-7-2-1-3-8-23)31(16-6-15-30-17-19-33-20-18-30)28-29-25-9-4-5-10-26(25)34-28;/h1-5,7-14H,6,15-21H2;1H. The van der Waals surface area contributed by atoms with Crippen LogP contribution in [0, 0.1) is 0 Å². The summed E-state index contributed by atoms with van der Waals surface area (Å²) in [7, 11) is 0. The molecule has 0 aliphatic carbocycles. The van der Waals surface area contributed by atoms with Gasteiger partial charge in [0.05, 0.1) is 29.9 Å². The zero-order chi connectivity index (χ0) is 23.2. The molecule has 1 fully saturated rings. The van der Waals surface area contributed by atoms with Gasteiger partial charge in [-0.2, -0.15) is 0 Å². The van der Waals surface area contributed by atoms with Gasteiger partial charge in [-0.3, -0.25) is 14.6 Å². The Bertz CT molecular complexity index is 1190. The Kier molecular flexibility index (Phi) is 8.88. The number of nitrogens with zero attached hydrogens (tertiary/aromatic N) is 3. The molecular weight excluding hydrogens is 478 g/mol. The molecule has 0 N–H and O–H groups in total. The van der Waals surface area contributed by atoms with Gasteiger partial charge in [-0.05, 0) is 35.2 Å². The van der Waals surface area contributed by atoms with Crippen LogP contribution in [0.2, 0.25) is 0 Å². The Morgan fingerprint density at radius 2 is 1.60 bits per heavy atom. The number of hydrogen-bond donors (Lipinski definition) is 0. The van der Waals surface area contributed by atoms with Gasteiger partial charge in [0, 0.05) is 26.2 Å². The van der Waals surface area contributed by atoms with Gasteiger partial charge in [0.15, 0.2) is 5.13 Å². The zero-order valence-corrected chi connectivity index (χ0v) is 21.3. The molecule has 5 rings (SSSR count). The lowest BCUT2D eigenvalue weighted by molar-refractivity contribution is -0.118. The predicted molar refractivity (Wildman–Crippen MR) is 147 cm³/mol. The number of benzene rings is 3. The van der Waals surface area contributed by atoms with E-state index >= 15 is 0 Å². The van der Waals surface area contributed by atoms with Crippen LogP contribution in [0.15, 0.2) is 78.9 Å². The van der Waals surface area contributed by atoms with Crippen LogP contribution in [0.25, 0.3) is 21.3 Å². The number of morpholine rings is 1. The molecule has 1 aliphatic heterocycles. The highest BCUT2D eigenvalue weighted by Crippen LogP contribution is 2.29. The Hall–Kier alpha value is -2.77. The fraction of sp³-hybridized carbons (Fsp3) is 0.286. The molecule has 182 valence electrons. The number of carbonyl (C=O) groups excluding carboxylic acids is 1. The van der Waals surface area contributed by atoms with E-state index in [2.05, 4.69) is 47.4 Å². The van der Waals surface area contributed by atoms with E-state index in [-0.39, 0.29) is 18.3 Å². The molecule has 35 heavy (non-hydrogen) atoms. The summed E-state index contributed by atoms with van der Waals surface area (Å²) in [6.45, 7) is 5.13. The van der Waals surface area contributed by atoms with Crippen LogP contribution in [0.1, 0.15) is 12.0 Å². The van der Waals surface area contributed by atoms with E-state index in [0.29, 0.717) is 13.0 Å². The summed E-state index contributed by atoms with van der Waals surface area (Å²) in [6, 6.07) is 26.7. The zero-order valence-electron chi connectivity index (χ0n) is 19.6. The second kappa shape index (κ2) is 12.3. The number of thiazole rings is 1. The van der Waals surface area contributed by atoms with Crippen molar-refractivity contribution in [1.82, 2.24) is 9.88 Å². The highest BCUT2D eigenvalue weighted by molar-refractivity contribution is 7.22. The average Bonchev–Trinajstić information content (AvgIpc) is 3.32. The smallest absolute Gasteiger partial charge is 0.233 e. The van der Waals surface area contributed by atoms with Crippen LogP contribution >= 0.6 is 23.7 Å². The molecule has 2 heterocycles. The second-order valence-electron chi connectivity index (χ2n) is 8.56. The first-order chi connectivity index (χ1) is 16.8. The maximum atomic E-state index is 13.5. The minimum atomic E-state index is 0. The topological polar surface area (TPSA) is 45.7 Å². The van der Waals surface area contributed by atoms with E-state index in [1.165, 1.54) is 5.56 Å². The van der Waals surface area contributed by atoms with Crippen molar-refractivity contribution in [2.75, 3.05) is 44.3 Å². The Morgan fingerprint density at radius 1 is 0.914 bits per heavy atom. The van der Waals surface area contributed by atoms with Crippen LogP contribution in [0.3, 0.4) is 0 Å². The molecule has 0 bridgehead atoms. The van der Waals surface area contributed by atoms with E-state index in [1.807, 2.05) is 41.3 Å². The monoisotopic (exact) mass is 507 g/mol. The Balaban J connectivity index is 0.00000289. The average molecular weight is 508 g/mol. The second-order valence-corrected chi connectivity index (χ2v) is 9.57. The van der Waals surface area contributed by atoms with Gasteiger partial charge in [0.1, 0.15) is 0 Å². The Morgan fingerprint density at radius 3 is 2.34 bits per heavy atom. The highest BCUT2D eigenvalue weighted by Gasteiger charge is 2.21. The molecule has 5 nitrogen and oxygen atoms in total. The molecular formula is C28H30ClN3O2S. The van der Waals surface area contributed by atoms with Crippen molar-refractivity contribution in [2.45, 2.75) is 12.8 Å². The molecule has 0 unspecified atom stereocenters. The fourth-order valence-electron chi connectivity index (χ4n) is 4.30. The third kappa shape index (κ3) is 6.47. The van der Waals surface area contributed by atoms with Crippen LogP contribution in [-0.4, -0.2) is 55.2 Å². The summed E-state index contributed by atoms with van der Waals surface area (Å²) < 4.78 is 6.56. The van der Waals surface area contributed by atoms with Gasteiger partial charge in [-0.15, -0.1) is 12.4 Å². The normalized spacial score (nSPS) is 13.9. The number of anilines is 1. The van der Waals surface area contributed by atoms with Crippen molar-refractivity contribution < 1.29 is 9.53 Å². The molecule has 4 aromatic rings. The lowest BCUT2D eigenvalue weighted by Gasteiger charge is -2.27. The predicted octanol–water partition coefficient (Wildman–Crippen LogP) is 5.68. The number of fused-ring (bicyclic) bond motifs is 1. The minimum Gasteiger partial charge on any atom is -0.379 e. The highest BCUT2D eigenvalue weighted by atomic mass is 35.5. The van der Waals surface area contributed by atoms with Crippen molar-refractivity contribution in [2.24, 2.45) is 0 Å². The van der Waals surface area contributed by atoms with Gasteiger partial charge in [0.2, 0.25) is 5.91 Å². The molecule has 3 aromatic carbocycles. The number of carbonyl (C=O) groups is 1. The summed E-state index contributed by atoms with van der Waals surface area (Å²) >= 11 is 1.59. The van der Waals surface area contributed by atoms with Crippen molar-refractivity contribution in [3.8, 4) is 11.1 Å². The number of aromatic nitrogens is 1. The van der Waals surface area contributed by atoms with Crippen LogP contribution in [0.5, 0.6) is 0 Å². The lowest BCUT2D eigenvalue weighted by Crippen LogP contribution is -2.39. The first kappa shape index (κ1) is 25.3. The first-order valence-electron chi connectivity index (χ1n) is 11.9. The first-order valence-corrected chi connectivity index (χ1v) is 12.7. The molecule has 1 aromatic heterocycles. The van der Waals surface area contributed by atoms with E-state index in [4.69, 9.17) is 9.72 Å².